The van der Waals surface area contributed by atoms with E-state index in [1.165, 1.54) is 0 Å². The maximum Gasteiger partial charge on any atom is 0.149 e. The molecule has 1 rings (SSSR count). The molecule has 0 radical (unpaired) electrons. The summed E-state index contributed by atoms with van der Waals surface area (Å²) in [5.74, 6) is 0.523. The molecule has 3 nitrogen and oxygen atoms in total. The number of ketones is 1. The number of hydrogen-bond acceptors (Lipinski definition) is 3. The van der Waals surface area contributed by atoms with Gasteiger partial charge >= 0.3 is 0 Å². The van der Waals surface area contributed by atoms with Crippen molar-refractivity contribution < 1.29 is 9.90 Å². The number of rotatable bonds is 6. The average Bonchev–Trinajstić information content (AvgIpc) is 2.30. The summed E-state index contributed by atoms with van der Waals surface area (Å²) in [6.07, 6.45) is 1.23. The molecule has 19 heavy (non-hydrogen) atoms. The number of benzene rings is 1. The van der Waals surface area contributed by atoms with Crippen LogP contribution < -0.4 is 5.32 Å². The van der Waals surface area contributed by atoms with Gasteiger partial charge in [0.1, 0.15) is 11.5 Å². The summed E-state index contributed by atoms with van der Waals surface area (Å²) in [5.41, 5.74) is 3.23. The largest absolute Gasteiger partial charge is 0.508 e. The van der Waals surface area contributed by atoms with Crippen molar-refractivity contribution in [3.05, 3.63) is 28.8 Å². The summed E-state index contributed by atoms with van der Waals surface area (Å²) in [7, 11) is 0. The number of aryl methyl sites for hydroxylation is 2. The van der Waals surface area contributed by atoms with Crippen LogP contribution in [0.5, 0.6) is 5.75 Å². The Bertz CT molecular complexity index is 429. The van der Waals surface area contributed by atoms with Gasteiger partial charge in [-0.25, -0.2) is 0 Å². The summed E-state index contributed by atoms with van der Waals surface area (Å²) >= 11 is 0. The van der Waals surface area contributed by atoms with Crippen LogP contribution in [-0.2, 0) is 11.2 Å². The Kier molecular flexibility index (Phi) is 5.55. The molecule has 1 aromatic rings. The van der Waals surface area contributed by atoms with E-state index in [1.807, 2.05) is 34.6 Å². The first-order valence-electron chi connectivity index (χ1n) is 6.93. The van der Waals surface area contributed by atoms with Crippen LogP contribution in [0.25, 0.3) is 0 Å². The lowest BCUT2D eigenvalue weighted by molar-refractivity contribution is -0.120. The summed E-state index contributed by atoms with van der Waals surface area (Å²) in [6, 6.07) is 3.64. The number of carbonyl (C=O) groups is 1. The molecule has 0 aromatic heterocycles. The van der Waals surface area contributed by atoms with Crippen LogP contribution in [0.2, 0.25) is 0 Å². The highest BCUT2D eigenvalue weighted by molar-refractivity contribution is 5.84. The van der Waals surface area contributed by atoms with E-state index in [0.29, 0.717) is 12.8 Å². The molecule has 1 unspecified atom stereocenters. The molecular formula is C16H25NO2. The van der Waals surface area contributed by atoms with Crippen LogP contribution in [0.1, 0.15) is 43.9 Å². The molecule has 106 valence electrons. The van der Waals surface area contributed by atoms with Crippen molar-refractivity contribution in [2.45, 2.75) is 59.5 Å². The van der Waals surface area contributed by atoms with Gasteiger partial charge in [-0.1, -0.05) is 20.8 Å². The maximum absolute atomic E-state index is 12.0. The molecule has 1 atom stereocenters. The topological polar surface area (TPSA) is 49.3 Å². The van der Waals surface area contributed by atoms with Crippen molar-refractivity contribution in [1.29, 1.82) is 0 Å². The summed E-state index contributed by atoms with van der Waals surface area (Å²) in [6.45, 7) is 9.95. The van der Waals surface area contributed by atoms with Crippen LogP contribution in [0.3, 0.4) is 0 Å². The van der Waals surface area contributed by atoms with Crippen molar-refractivity contribution in [2.75, 3.05) is 0 Å². The third-order valence-corrected chi connectivity index (χ3v) is 3.36. The molecule has 3 heteroatoms. The quantitative estimate of drug-likeness (QED) is 0.829. The molecule has 0 saturated carbocycles. The average molecular weight is 263 g/mol. The number of carbonyl (C=O) groups excluding carboxylic acids is 1. The second-order valence-corrected chi connectivity index (χ2v) is 5.46. The Labute approximate surface area is 116 Å². The van der Waals surface area contributed by atoms with Gasteiger partial charge in [-0.2, -0.15) is 0 Å². The van der Waals surface area contributed by atoms with Gasteiger partial charge in [0.2, 0.25) is 0 Å². The molecule has 0 saturated heterocycles. The summed E-state index contributed by atoms with van der Waals surface area (Å²) in [4.78, 5) is 12.0. The molecule has 2 N–H and O–H groups in total. The van der Waals surface area contributed by atoms with E-state index < -0.39 is 0 Å². The molecule has 0 fully saturated rings. The lowest BCUT2D eigenvalue weighted by atomic mass is 9.93. The minimum atomic E-state index is -0.146. The molecule has 0 spiro atoms. The Morgan fingerprint density at radius 3 is 2.21 bits per heavy atom. The van der Waals surface area contributed by atoms with Crippen LogP contribution in [0, 0.1) is 13.8 Å². The molecule has 0 aliphatic carbocycles. The molecular weight excluding hydrogens is 238 g/mol. The molecule has 0 amide bonds. The Morgan fingerprint density at radius 1 is 1.26 bits per heavy atom. The van der Waals surface area contributed by atoms with Crippen LogP contribution in [0.15, 0.2) is 12.1 Å². The zero-order valence-electron chi connectivity index (χ0n) is 12.6. The van der Waals surface area contributed by atoms with Crippen LogP contribution in [0.4, 0.5) is 0 Å². The molecule has 0 aliphatic rings. The Balaban J connectivity index is 2.99. The fourth-order valence-corrected chi connectivity index (χ4v) is 2.41. The highest BCUT2D eigenvalue weighted by Gasteiger charge is 2.19. The van der Waals surface area contributed by atoms with Crippen molar-refractivity contribution in [3.63, 3.8) is 0 Å². The molecule has 0 bridgehead atoms. The van der Waals surface area contributed by atoms with Gasteiger partial charge in [0.15, 0.2) is 0 Å². The predicted octanol–water partition coefficient (Wildman–Crippen LogP) is 2.90. The predicted molar refractivity (Wildman–Crippen MR) is 78.6 cm³/mol. The molecule has 0 aliphatic heterocycles. The minimum Gasteiger partial charge on any atom is -0.508 e. The number of nitrogens with one attached hydrogen (secondary N) is 1. The van der Waals surface area contributed by atoms with Gasteiger partial charge in [-0.3, -0.25) is 4.79 Å². The van der Waals surface area contributed by atoms with E-state index in [-0.39, 0.29) is 23.6 Å². The van der Waals surface area contributed by atoms with Crippen molar-refractivity contribution in [2.24, 2.45) is 0 Å². The van der Waals surface area contributed by atoms with E-state index in [2.05, 4.69) is 5.32 Å². The van der Waals surface area contributed by atoms with Gasteiger partial charge < -0.3 is 10.4 Å². The zero-order chi connectivity index (χ0) is 14.6. The van der Waals surface area contributed by atoms with Crippen molar-refractivity contribution in [1.82, 2.24) is 5.32 Å². The van der Waals surface area contributed by atoms with Gasteiger partial charge in [0.05, 0.1) is 6.04 Å². The number of phenolic OH excluding ortho intramolecular Hbond substituents is 1. The highest BCUT2D eigenvalue weighted by atomic mass is 16.3. The Morgan fingerprint density at radius 2 is 1.79 bits per heavy atom. The monoisotopic (exact) mass is 263 g/mol. The van der Waals surface area contributed by atoms with Gasteiger partial charge in [-0.15, -0.1) is 0 Å². The van der Waals surface area contributed by atoms with Crippen LogP contribution in [-0.4, -0.2) is 23.0 Å². The van der Waals surface area contributed by atoms with E-state index in [0.717, 1.165) is 16.7 Å². The van der Waals surface area contributed by atoms with Gasteiger partial charge in [-0.05, 0) is 49.1 Å². The molecule has 0 heterocycles. The van der Waals surface area contributed by atoms with Crippen LogP contribution >= 0.6 is 0 Å². The SMILES string of the molecule is CCC(=O)C(Cc1c(C)cc(O)cc1C)NC(C)C. The number of aromatic hydroxyl groups is 1. The summed E-state index contributed by atoms with van der Waals surface area (Å²) < 4.78 is 0. The third-order valence-electron chi connectivity index (χ3n) is 3.36. The first-order chi connectivity index (χ1) is 8.85. The van der Waals surface area contributed by atoms with Gasteiger partial charge in [0.25, 0.3) is 0 Å². The zero-order valence-corrected chi connectivity index (χ0v) is 12.6. The normalized spacial score (nSPS) is 12.7. The first-order valence-corrected chi connectivity index (χ1v) is 6.93. The number of phenols is 1. The standard InChI is InChI=1S/C16H25NO2/c1-6-16(19)15(17-10(2)3)9-14-11(4)7-13(18)8-12(14)5/h7-8,10,15,17-18H,6,9H2,1-5H3. The van der Waals surface area contributed by atoms with Crippen molar-refractivity contribution >= 4 is 5.78 Å². The highest BCUT2D eigenvalue weighted by Crippen LogP contribution is 2.22. The maximum atomic E-state index is 12.0. The minimum absolute atomic E-state index is 0.146. The smallest absolute Gasteiger partial charge is 0.149 e. The second kappa shape index (κ2) is 6.71. The van der Waals surface area contributed by atoms with E-state index in [4.69, 9.17) is 0 Å². The fraction of sp³-hybridized carbons (Fsp3) is 0.562. The Hall–Kier alpha value is -1.35. The van der Waals surface area contributed by atoms with Crippen molar-refractivity contribution in [3.8, 4) is 5.75 Å². The number of Topliss-reactive ketones (excluding diaryl/α,β-unsaturated/α-hetero) is 1. The lowest BCUT2D eigenvalue weighted by Crippen LogP contribution is -2.42. The lowest BCUT2D eigenvalue weighted by Gasteiger charge is -2.22. The first kappa shape index (κ1) is 15.7. The molecule has 1 aromatic carbocycles. The second-order valence-electron chi connectivity index (χ2n) is 5.46. The van der Waals surface area contributed by atoms with Gasteiger partial charge in [0, 0.05) is 12.5 Å². The number of hydrogen-bond donors (Lipinski definition) is 2. The van der Waals surface area contributed by atoms with E-state index in [9.17, 15) is 9.90 Å². The fourth-order valence-electron chi connectivity index (χ4n) is 2.41. The van der Waals surface area contributed by atoms with E-state index >= 15 is 0 Å². The third kappa shape index (κ3) is 4.35. The van der Waals surface area contributed by atoms with E-state index in [1.54, 1.807) is 12.1 Å². The summed E-state index contributed by atoms with van der Waals surface area (Å²) in [5, 5.41) is 12.9.